The van der Waals surface area contributed by atoms with Gasteiger partial charge in [0.05, 0.1) is 24.6 Å². The molecule has 2 rings (SSSR count). The lowest BCUT2D eigenvalue weighted by atomic mass is 10.2. The van der Waals surface area contributed by atoms with Crippen LogP contribution < -0.4 is 11.1 Å². The van der Waals surface area contributed by atoms with Crippen molar-refractivity contribution in [1.82, 2.24) is 9.78 Å². The molecule has 9 heteroatoms. The van der Waals surface area contributed by atoms with E-state index in [0.29, 0.717) is 11.4 Å². The normalized spacial score (nSPS) is 11.3. The van der Waals surface area contributed by atoms with Gasteiger partial charge in [-0.2, -0.15) is 5.10 Å². The fourth-order valence-corrected chi connectivity index (χ4v) is 2.03. The number of nitrogens with zero attached hydrogens (tertiary/aromatic N) is 2. The number of methoxy groups -OCH3 is 1. The lowest BCUT2D eigenvalue weighted by Crippen LogP contribution is -2.39. The lowest BCUT2D eigenvalue weighted by Gasteiger charge is -2.14. The number of carbonyl (C=O) groups excluding carboxylic acids is 2. The van der Waals surface area contributed by atoms with Gasteiger partial charge >= 0.3 is 5.97 Å². The molecule has 8 nitrogen and oxygen atoms in total. The van der Waals surface area contributed by atoms with Gasteiger partial charge in [-0.05, 0) is 25.1 Å². The third-order valence-corrected chi connectivity index (χ3v) is 3.17. The molecule has 2 aromatic rings. The standard InChI is InChI=1S/C16H20N4O4.ClH/c1-3-24-16(22)13-8-9-20(19-13)14-7-5-4-6-12(14)18-15(21)11(17)10-23-2;/h4-9,11H,3,10,17H2,1-2H3,(H,18,21);1H. The number of benzene rings is 1. The van der Waals surface area contributed by atoms with Crippen LogP contribution in [0.25, 0.3) is 5.69 Å². The molecule has 1 unspecified atom stereocenters. The van der Waals surface area contributed by atoms with Gasteiger partial charge in [0, 0.05) is 13.3 Å². The van der Waals surface area contributed by atoms with Crippen LogP contribution in [-0.2, 0) is 14.3 Å². The summed E-state index contributed by atoms with van der Waals surface area (Å²) < 4.78 is 11.3. The minimum atomic E-state index is -0.782. The Morgan fingerprint density at radius 2 is 2.04 bits per heavy atom. The molecule has 1 aromatic carbocycles. The van der Waals surface area contributed by atoms with Gasteiger partial charge < -0.3 is 20.5 Å². The number of esters is 1. The molecular formula is C16H21ClN4O4. The summed E-state index contributed by atoms with van der Waals surface area (Å²) in [5, 5.41) is 6.92. The zero-order valence-corrected chi connectivity index (χ0v) is 14.8. The zero-order chi connectivity index (χ0) is 17.5. The zero-order valence-electron chi connectivity index (χ0n) is 14.0. The topological polar surface area (TPSA) is 108 Å². The van der Waals surface area contributed by atoms with Crippen molar-refractivity contribution >= 4 is 30.0 Å². The highest BCUT2D eigenvalue weighted by atomic mass is 35.5. The molecule has 3 N–H and O–H groups in total. The quantitative estimate of drug-likeness (QED) is 0.715. The van der Waals surface area contributed by atoms with Crippen molar-refractivity contribution in [2.45, 2.75) is 13.0 Å². The van der Waals surface area contributed by atoms with E-state index < -0.39 is 12.0 Å². The third-order valence-electron chi connectivity index (χ3n) is 3.17. The average molecular weight is 369 g/mol. The van der Waals surface area contributed by atoms with E-state index in [4.69, 9.17) is 15.2 Å². The SMILES string of the molecule is CCOC(=O)c1ccn(-c2ccccc2NC(=O)C(N)COC)n1.Cl. The Kier molecular flexibility index (Phi) is 8.06. The number of ether oxygens (including phenoxy) is 2. The van der Waals surface area contributed by atoms with Crippen LogP contribution in [0.2, 0.25) is 0 Å². The molecule has 0 radical (unpaired) electrons. The number of hydrogen-bond acceptors (Lipinski definition) is 6. The van der Waals surface area contributed by atoms with E-state index in [1.165, 1.54) is 11.8 Å². The lowest BCUT2D eigenvalue weighted by molar-refractivity contribution is -0.118. The predicted octanol–water partition coefficient (Wildman–Crippen LogP) is 1.38. The van der Waals surface area contributed by atoms with Gasteiger partial charge in [-0.1, -0.05) is 12.1 Å². The fourth-order valence-electron chi connectivity index (χ4n) is 2.03. The van der Waals surface area contributed by atoms with E-state index in [1.54, 1.807) is 43.5 Å². The highest BCUT2D eigenvalue weighted by Gasteiger charge is 2.16. The number of halogens is 1. The van der Waals surface area contributed by atoms with Crippen LogP contribution in [0.1, 0.15) is 17.4 Å². The van der Waals surface area contributed by atoms with Crippen molar-refractivity contribution in [3.63, 3.8) is 0 Å². The number of nitrogens with one attached hydrogen (secondary N) is 1. The van der Waals surface area contributed by atoms with E-state index in [-0.39, 0.29) is 37.2 Å². The first-order valence-electron chi connectivity index (χ1n) is 7.44. The van der Waals surface area contributed by atoms with Gasteiger partial charge in [-0.25, -0.2) is 9.48 Å². The monoisotopic (exact) mass is 368 g/mol. The van der Waals surface area contributed by atoms with E-state index in [0.717, 1.165) is 0 Å². The van der Waals surface area contributed by atoms with E-state index >= 15 is 0 Å². The molecule has 0 saturated heterocycles. The maximum Gasteiger partial charge on any atom is 0.358 e. The minimum absolute atomic E-state index is 0. The number of rotatable bonds is 7. The smallest absolute Gasteiger partial charge is 0.358 e. The first kappa shape index (κ1) is 20.6. The largest absolute Gasteiger partial charge is 0.461 e. The molecule has 0 aliphatic rings. The van der Waals surface area contributed by atoms with Crippen LogP contribution in [-0.4, -0.2) is 48.0 Å². The molecule has 0 aliphatic carbocycles. The Morgan fingerprint density at radius 3 is 2.72 bits per heavy atom. The van der Waals surface area contributed by atoms with Crippen molar-refractivity contribution in [3.05, 3.63) is 42.2 Å². The molecule has 136 valence electrons. The molecular weight excluding hydrogens is 348 g/mol. The van der Waals surface area contributed by atoms with Gasteiger partial charge in [-0.15, -0.1) is 12.4 Å². The molecule has 1 atom stereocenters. The van der Waals surface area contributed by atoms with Gasteiger partial charge in [0.1, 0.15) is 6.04 Å². The second-order valence-corrected chi connectivity index (χ2v) is 4.93. The van der Waals surface area contributed by atoms with Crippen LogP contribution in [0.4, 0.5) is 5.69 Å². The first-order chi connectivity index (χ1) is 11.6. The van der Waals surface area contributed by atoms with Crippen LogP contribution in [0.15, 0.2) is 36.5 Å². The van der Waals surface area contributed by atoms with Gasteiger partial charge in [0.25, 0.3) is 0 Å². The summed E-state index contributed by atoms with van der Waals surface area (Å²) in [5.41, 5.74) is 7.03. The second-order valence-electron chi connectivity index (χ2n) is 4.93. The number of hydrogen-bond donors (Lipinski definition) is 2. The highest BCUT2D eigenvalue weighted by molar-refractivity contribution is 5.96. The highest BCUT2D eigenvalue weighted by Crippen LogP contribution is 2.20. The Bertz CT molecular complexity index is 720. The molecule has 0 bridgehead atoms. The molecule has 0 fully saturated rings. The molecule has 1 heterocycles. The molecule has 1 amide bonds. The van der Waals surface area contributed by atoms with Crippen molar-refractivity contribution in [3.8, 4) is 5.69 Å². The van der Waals surface area contributed by atoms with Gasteiger partial charge in [-0.3, -0.25) is 4.79 Å². The number of aromatic nitrogens is 2. The number of anilines is 1. The van der Waals surface area contributed by atoms with Crippen LogP contribution >= 0.6 is 12.4 Å². The number of carbonyl (C=O) groups is 2. The Labute approximate surface area is 151 Å². The molecule has 25 heavy (non-hydrogen) atoms. The van der Waals surface area contributed by atoms with Crippen molar-refractivity contribution in [2.24, 2.45) is 5.73 Å². The molecule has 1 aromatic heterocycles. The summed E-state index contributed by atoms with van der Waals surface area (Å²) in [5.74, 6) is -0.873. The third kappa shape index (κ3) is 5.28. The molecule has 0 aliphatic heterocycles. The van der Waals surface area contributed by atoms with Crippen molar-refractivity contribution in [2.75, 3.05) is 25.6 Å². The van der Waals surface area contributed by atoms with E-state index in [9.17, 15) is 9.59 Å². The van der Waals surface area contributed by atoms with Crippen molar-refractivity contribution in [1.29, 1.82) is 0 Å². The summed E-state index contributed by atoms with van der Waals surface area (Å²) in [6, 6.07) is 7.82. The number of para-hydroxylation sites is 2. The molecule has 0 spiro atoms. The maximum absolute atomic E-state index is 12.1. The molecule has 0 saturated carbocycles. The summed E-state index contributed by atoms with van der Waals surface area (Å²) in [4.78, 5) is 23.8. The first-order valence-corrected chi connectivity index (χ1v) is 7.44. The summed E-state index contributed by atoms with van der Waals surface area (Å²) >= 11 is 0. The van der Waals surface area contributed by atoms with Crippen LogP contribution in [0.3, 0.4) is 0 Å². The van der Waals surface area contributed by atoms with E-state index in [2.05, 4.69) is 10.4 Å². The van der Waals surface area contributed by atoms with Crippen molar-refractivity contribution < 1.29 is 19.1 Å². The average Bonchev–Trinajstić information content (AvgIpc) is 3.05. The van der Waals surface area contributed by atoms with E-state index in [1.807, 2.05) is 0 Å². The number of nitrogens with two attached hydrogens (primary N) is 1. The summed E-state index contributed by atoms with van der Waals surface area (Å²) in [6.45, 7) is 2.11. The van der Waals surface area contributed by atoms with Crippen LogP contribution in [0.5, 0.6) is 0 Å². The Morgan fingerprint density at radius 1 is 1.32 bits per heavy atom. The maximum atomic E-state index is 12.1. The minimum Gasteiger partial charge on any atom is -0.461 e. The summed E-state index contributed by atoms with van der Waals surface area (Å²) in [7, 11) is 1.47. The second kappa shape index (κ2) is 9.77. The summed E-state index contributed by atoms with van der Waals surface area (Å²) in [6.07, 6.45) is 1.62. The predicted molar refractivity (Wildman–Crippen MR) is 95.2 cm³/mol. The van der Waals surface area contributed by atoms with Gasteiger partial charge in [0.15, 0.2) is 5.69 Å². The Balaban J connectivity index is 0.00000312. The Hall–Kier alpha value is -2.42. The van der Waals surface area contributed by atoms with Gasteiger partial charge in [0.2, 0.25) is 5.91 Å². The number of amides is 1. The van der Waals surface area contributed by atoms with Crippen LogP contribution in [0, 0.1) is 0 Å². The fraction of sp³-hybridized carbons (Fsp3) is 0.312.